The predicted molar refractivity (Wildman–Crippen MR) is 88.1 cm³/mol. The molecule has 0 fully saturated rings. The quantitative estimate of drug-likeness (QED) is 0.310. The minimum absolute atomic E-state index is 0.145. The minimum Gasteiger partial charge on any atom is -0.394 e. The van der Waals surface area contributed by atoms with Gasteiger partial charge in [0.2, 0.25) is 0 Å². The van der Waals surface area contributed by atoms with E-state index >= 15 is 0 Å². The Morgan fingerprint density at radius 2 is 1.25 bits per heavy atom. The van der Waals surface area contributed by atoms with Gasteiger partial charge in [-0.3, -0.25) is 0 Å². The van der Waals surface area contributed by atoms with Crippen LogP contribution in [0.15, 0.2) is 12.2 Å². The van der Waals surface area contributed by atoms with Crippen LogP contribution in [0.4, 0.5) is 0 Å². The van der Waals surface area contributed by atoms with Crippen LogP contribution in [0.25, 0.3) is 0 Å². The molecule has 1 N–H and O–H groups in total. The van der Waals surface area contributed by atoms with E-state index in [2.05, 4.69) is 19.1 Å². The third-order valence-corrected chi connectivity index (χ3v) is 3.54. The summed E-state index contributed by atoms with van der Waals surface area (Å²) in [6, 6.07) is 0. The number of rotatable bonds is 16. The normalized spacial score (nSPS) is 11.5. The molecule has 0 aromatic rings. The number of unbranched alkanes of at least 4 members (excludes halogenated alkanes) is 10. The van der Waals surface area contributed by atoms with Gasteiger partial charge in [0, 0.05) is 6.61 Å². The molecular formula is C18H36O2. The smallest absolute Gasteiger partial charge is 0.0697 e. The van der Waals surface area contributed by atoms with Crippen LogP contribution in [0.3, 0.4) is 0 Å². The molecule has 0 aliphatic heterocycles. The molecule has 0 saturated carbocycles. The SMILES string of the molecule is CCCCCC/C=C/CCCCCCCCOCCO. The number of ether oxygens (including phenoxy) is 1. The van der Waals surface area contributed by atoms with Crippen LogP contribution in [0, 0.1) is 0 Å². The first-order valence-corrected chi connectivity index (χ1v) is 8.75. The highest BCUT2D eigenvalue weighted by atomic mass is 16.5. The molecule has 0 unspecified atom stereocenters. The summed E-state index contributed by atoms with van der Waals surface area (Å²) < 4.78 is 5.23. The number of hydrogen-bond acceptors (Lipinski definition) is 2. The summed E-state index contributed by atoms with van der Waals surface area (Å²) in [5, 5.41) is 8.55. The standard InChI is InChI=1S/C18H36O2/c1-2-3-4-5-6-7-8-9-10-11-12-13-14-15-17-20-18-16-19/h7-8,19H,2-6,9-18H2,1H3/b8-7+. The van der Waals surface area contributed by atoms with Crippen molar-refractivity contribution in [1.29, 1.82) is 0 Å². The van der Waals surface area contributed by atoms with E-state index < -0.39 is 0 Å². The van der Waals surface area contributed by atoms with E-state index in [1.54, 1.807) is 0 Å². The van der Waals surface area contributed by atoms with Crippen molar-refractivity contribution < 1.29 is 9.84 Å². The summed E-state index contributed by atoms with van der Waals surface area (Å²) >= 11 is 0. The lowest BCUT2D eigenvalue weighted by atomic mass is 10.1. The second kappa shape index (κ2) is 18.7. The van der Waals surface area contributed by atoms with Gasteiger partial charge in [0.1, 0.15) is 0 Å². The van der Waals surface area contributed by atoms with Crippen molar-refractivity contribution in [2.75, 3.05) is 19.8 Å². The lowest BCUT2D eigenvalue weighted by Crippen LogP contribution is -2.00. The Kier molecular flexibility index (Phi) is 18.3. The second-order valence-electron chi connectivity index (χ2n) is 5.57. The summed E-state index contributed by atoms with van der Waals surface area (Å²) in [5.74, 6) is 0. The third-order valence-electron chi connectivity index (χ3n) is 3.54. The third kappa shape index (κ3) is 17.7. The van der Waals surface area contributed by atoms with Crippen LogP contribution in [0.2, 0.25) is 0 Å². The van der Waals surface area contributed by atoms with Crippen molar-refractivity contribution in [3.05, 3.63) is 12.2 Å². The lowest BCUT2D eigenvalue weighted by molar-refractivity contribution is 0.0895. The molecule has 0 radical (unpaired) electrons. The molecular weight excluding hydrogens is 248 g/mol. The Labute approximate surface area is 126 Å². The molecule has 0 aromatic heterocycles. The van der Waals surface area contributed by atoms with E-state index in [0.717, 1.165) is 13.0 Å². The Bertz CT molecular complexity index is 190. The van der Waals surface area contributed by atoms with Crippen molar-refractivity contribution in [1.82, 2.24) is 0 Å². The van der Waals surface area contributed by atoms with Gasteiger partial charge in [-0.25, -0.2) is 0 Å². The molecule has 0 bridgehead atoms. The van der Waals surface area contributed by atoms with Crippen molar-refractivity contribution in [3.8, 4) is 0 Å². The molecule has 2 heteroatoms. The maximum atomic E-state index is 8.55. The Hall–Kier alpha value is -0.340. The van der Waals surface area contributed by atoms with Crippen LogP contribution in [-0.4, -0.2) is 24.9 Å². The van der Waals surface area contributed by atoms with E-state index in [0.29, 0.717) is 6.61 Å². The van der Waals surface area contributed by atoms with Crippen molar-refractivity contribution in [2.24, 2.45) is 0 Å². The summed E-state index contributed by atoms with van der Waals surface area (Å²) in [6.45, 7) is 3.70. The molecule has 0 heterocycles. The van der Waals surface area contributed by atoms with Crippen LogP contribution in [0.5, 0.6) is 0 Å². The number of aliphatic hydroxyl groups excluding tert-OH is 1. The molecule has 0 saturated heterocycles. The average molecular weight is 284 g/mol. The maximum Gasteiger partial charge on any atom is 0.0697 e. The fraction of sp³-hybridized carbons (Fsp3) is 0.889. The molecule has 2 nitrogen and oxygen atoms in total. The highest BCUT2D eigenvalue weighted by Crippen LogP contribution is 2.08. The maximum absolute atomic E-state index is 8.55. The van der Waals surface area contributed by atoms with Crippen LogP contribution in [0.1, 0.15) is 84.0 Å². The van der Waals surface area contributed by atoms with Crippen LogP contribution < -0.4 is 0 Å². The Balaban J connectivity index is 3.00. The monoisotopic (exact) mass is 284 g/mol. The zero-order chi connectivity index (χ0) is 14.7. The van der Waals surface area contributed by atoms with Gasteiger partial charge < -0.3 is 9.84 Å². The lowest BCUT2D eigenvalue weighted by Gasteiger charge is -2.02. The molecule has 0 aliphatic rings. The van der Waals surface area contributed by atoms with Crippen molar-refractivity contribution in [2.45, 2.75) is 84.0 Å². The Morgan fingerprint density at radius 1 is 0.700 bits per heavy atom. The first kappa shape index (κ1) is 19.7. The van der Waals surface area contributed by atoms with Crippen LogP contribution in [-0.2, 0) is 4.74 Å². The fourth-order valence-corrected chi connectivity index (χ4v) is 2.26. The second-order valence-corrected chi connectivity index (χ2v) is 5.57. The highest BCUT2D eigenvalue weighted by Gasteiger charge is 1.91. The van der Waals surface area contributed by atoms with Gasteiger partial charge in [-0.2, -0.15) is 0 Å². The number of allylic oxidation sites excluding steroid dienone is 2. The van der Waals surface area contributed by atoms with Crippen LogP contribution >= 0.6 is 0 Å². The van der Waals surface area contributed by atoms with Crippen molar-refractivity contribution >= 4 is 0 Å². The van der Waals surface area contributed by atoms with Gasteiger partial charge in [-0.05, 0) is 32.1 Å². The minimum atomic E-state index is 0.145. The van der Waals surface area contributed by atoms with Gasteiger partial charge in [0.05, 0.1) is 13.2 Å². The van der Waals surface area contributed by atoms with E-state index in [9.17, 15) is 0 Å². The Morgan fingerprint density at radius 3 is 1.85 bits per heavy atom. The van der Waals surface area contributed by atoms with E-state index in [1.165, 1.54) is 70.6 Å². The summed E-state index contributed by atoms with van der Waals surface area (Å²) in [5.41, 5.74) is 0. The van der Waals surface area contributed by atoms with Gasteiger partial charge in [0.15, 0.2) is 0 Å². The first-order valence-electron chi connectivity index (χ1n) is 8.75. The topological polar surface area (TPSA) is 29.5 Å². The molecule has 120 valence electrons. The molecule has 0 amide bonds. The highest BCUT2D eigenvalue weighted by molar-refractivity contribution is 4.81. The zero-order valence-corrected chi connectivity index (χ0v) is 13.6. The zero-order valence-electron chi connectivity index (χ0n) is 13.6. The molecule has 0 aromatic carbocycles. The summed E-state index contributed by atoms with van der Waals surface area (Å²) in [6.07, 6.45) is 20.5. The van der Waals surface area contributed by atoms with Gasteiger partial charge in [-0.1, -0.05) is 64.0 Å². The molecule has 0 rings (SSSR count). The first-order chi connectivity index (χ1) is 9.91. The largest absolute Gasteiger partial charge is 0.394 e. The fourth-order valence-electron chi connectivity index (χ4n) is 2.26. The van der Waals surface area contributed by atoms with Crippen molar-refractivity contribution in [3.63, 3.8) is 0 Å². The predicted octanol–water partition coefficient (Wildman–Crippen LogP) is 5.25. The van der Waals surface area contributed by atoms with E-state index in [4.69, 9.17) is 9.84 Å². The number of hydrogen-bond donors (Lipinski definition) is 1. The number of aliphatic hydroxyl groups is 1. The molecule has 0 spiro atoms. The molecule has 20 heavy (non-hydrogen) atoms. The van der Waals surface area contributed by atoms with E-state index in [-0.39, 0.29) is 6.61 Å². The molecule has 0 aliphatic carbocycles. The molecule has 0 atom stereocenters. The van der Waals surface area contributed by atoms with E-state index in [1.807, 2.05) is 0 Å². The van der Waals surface area contributed by atoms with Gasteiger partial charge in [0.25, 0.3) is 0 Å². The van der Waals surface area contributed by atoms with Gasteiger partial charge in [-0.15, -0.1) is 0 Å². The summed E-state index contributed by atoms with van der Waals surface area (Å²) in [7, 11) is 0. The summed E-state index contributed by atoms with van der Waals surface area (Å²) in [4.78, 5) is 0. The van der Waals surface area contributed by atoms with Gasteiger partial charge >= 0.3 is 0 Å². The average Bonchev–Trinajstić information content (AvgIpc) is 2.47.